The molecule has 2 aromatic rings. The van der Waals surface area contributed by atoms with E-state index in [1.807, 2.05) is 0 Å². The molecule has 1 aliphatic heterocycles. The maximum Gasteiger partial charge on any atom is 0.387 e. The molecule has 0 bridgehead atoms. The summed E-state index contributed by atoms with van der Waals surface area (Å²) in [4.78, 5) is 12.3. The Morgan fingerprint density at radius 3 is 2.69 bits per heavy atom. The summed E-state index contributed by atoms with van der Waals surface area (Å²) in [5.74, 6) is -0.564. The van der Waals surface area contributed by atoms with Crippen molar-refractivity contribution in [2.75, 3.05) is 21.9 Å². The molecule has 0 aliphatic carbocycles. The quantitative estimate of drug-likeness (QED) is 0.682. The lowest BCUT2D eigenvalue weighted by atomic mass is 10.2. The average Bonchev–Trinajstić information content (AvgIpc) is 3.01. The van der Waals surface area contributed by atoms with Crippen molar-refractivity contribution in [1.82, 2.24) is 0 Å². The van der Waals surface area contributed by atoms with Crippen molar-refractivity contribution < 1.29 is 26.7 Å². The molecule has 1 saturated heterocycles. The van der Waals surface area contributed by atoms with Crippen molar-refractivity contribution in [2.45, 2.75) is 13.0 Å². The molecule has 0 aromatic heterocycles. The number of alkyl halides is 2. The second-order valence-corrected chi connectivity index (χ2v) is 8.56. The molecule has 154 valence electrons. The van der Waals surface area contributed by atoms with E-state index in [9.17, 15) is 22.0 Å². The third-order valence-corrected chi connectivity index (χ3v) is 6.34. The first-order chi connectivity index (χ1) is 13.8. The molecule has 1 amide bonds. The lowest BCUT2D eigenvalue weighted by molar-refractivity contribution is -0.111. The number of ether oxygens (including phenoxy) is 1. The van der Waals surface area contributed by atoms with Gasteiger partial charge in [-0.2, -0.15) is 8.78 Å². The Morgan fingerprint density at radius 1 is 1.24 bits per heavy atom. The van der Waals surface area contributed by atoms with Crippen LogP contribution in [0.5, 0.6) is 5.75 Å². The number of sulfonamides is 1. The normalized spacial score (nSPS) is 15.8. The molecule has 0 saturated carbocycles. The monoisotopic (exact) mass is 442 g/mol. The molecule has 1 N–H and O–H groups in total. The minimum Gasteiger partial charge on any atom is -0.434 e. The highest BCUT2D eigenvalue weighted by Crippen LogP contribution is 2.31. The van der Waals surface area contributed by atoms with E-state index in [1.54, 1.807) is 12.1 Å². The van der Waals surface area contributed by atoms with Gasteiger partial charge in [-0.25, -0.2) is 8.42 Å². The predicted molar refractivity (Wildman–Crippen MR) is 108 cm³/mol. The molecular weight excluding hydrogens is 426 g/mol. The molecule has 29 heavy (non-hydrogen) atoms. The number of nitrogens with zero attached hydrogens (tertiary/aromatic N) is 1. The van der Waals surface area contributed by atoms with E-state index in [1.165, 1.54) is 40.7 Å². The molecule has 10 heteroatoms. The molecule has 0 radical (unpaired) electrons. The third-order valence-electron chi connectivity index (χ3n) is 4.14. The van der Waals surface area contributed by atoms with Gasteiger partial charge in [0.1, 0.15) is 5.75 Å². The summed E-state index contributed by atoms with van der Waals surface area (Å²) >= 11 is 6.11. The molecule has 0 spiro atoms. The Morgan fingerprint density at radius 2 is 2.00 bits per heavy atom. The maximum absolute atomic E-state index is 12.5. The second-order valence-electron chi connectivity index (χ2n) is 6.14. The van der Waals surface area contributed by atoms with Gasteiger partial charge in [-0.1, -0.05) is 29.8 Å². The van der Waals surface area contributed by atoms with Gasteiger partial charge < -0.3 is 10.1 Å². The topological polar surface area (TPSA) is 75.7 Å². The summed E-state index contributed by atoms with van der Waals surface area (Å²) in [5, 5.41) is 2.79. The van der Waals surface area contributed by atoms with Crippen molar-refractivity contribution in [3.05, 3.63) is 59.1 Å². The van der Waals surface area contributed by atoms with Crippen molar-refractivity contribution in [1.29, 1.82) is 0 Å². The van der Waals surface area contributed by atoms with Crippen molar-refractivity contribution >= 4 is 45.0 Å². The summed E-state index contributed by atoms with van der Waals surface area (Å²) in [6, 6.07) is 10.6. The largest absolute Gasteiger partial charge is 0.434 e. The molecular formula is C19H17ClF2N2O4S. The van der Waals surface area contributed by atoms with E-state index in [-0.39, 0.29) is 22.2 Å². The van der Waals surface area contributed by atoms with Crippen LogP contribution in [0.25, 0.3) is 6.08 Å². The number of hydrogen-bond acceptors (Lipinski definition) is 4. The van der Waals surface area contributed by atoms with Gasteiger partial charge in [0.2, 0.25) is 15.9 Å². The first-order valence-electron chi connectivity index (χ1n) is 8.59. The minimum absolute atomic E-state index is 0.0641. The Kier molecular flexibility index (Phi) is 6.39. The van der Waals surface area contributed by atoms with Crippen LogP contribution in [0.15, 0.2) is 48.5 Å². The highest BCUT2D eigenvalue weighted by atomic mass is 35.5. The summed E-state index contributed by atoms with van der Waals surface area (Å²) in [7, 11) is -3.37. The number of carbonyl (C=O) groups excluding carboxylic acids is 1. The molecule has 2 aromatic carbocycles. The highest BCUT2D eigenvalue weighted by Gasteiger charge is 2.28. The van der Waals surface area contributed by atoms with Crippen LogP contribution in [-0.4, -0.2) is 33.2 Å². The Bertz CT molecular complexity index is 1040. The summed E-state index contributed by atoms with van der Waals surface area (Å²) in [6.07, 6.45) is 2.99. The zero-order valence-electron chi connectivity index (χ0n) is 15.0. The lowest BCUT2D eigenvalue weighted by Gasteiger charge is -2.18. The van der Waals surface area contributed by atoms with Crippen LogP contribution in [0.2, 0.25) is 5.02 Å². The molecule has 0 atom stereocenters. The number of para-hydroxylation sites is 1. The molecule has 1 fully saturated rings. The fourth-order valence-electron chi connectivity index (χ4n) is 2.86. The van der Waals surface area contributed by atoms with E-state index in [2.05, 4.69) is 10.1 Å². The summed E-state index contributed by atoms with van der Waals surface area (Å²) in [5.41, 5.74) is 0.936. The smallest absolute Gasteiger partial charge is 0.387 e. The van der Waals surface area contributed by atoms with E-state index >= 15 is 0 Å². The zero-order chi connectivity index (χ0) is 21.0. The number of rotatable bonds is 6. The fourth-order valence-corrected chi connectivity index (χ4v) is 4.58. The second kappa shape index (κ2) is 8.79. The van der Waals surface area contributed by atoms with Gasteiger partial charge >= 0.3 is 6.61 Å². The molecule has 0 unspecified atom stereocenters. The number of nitrogens with one attached hydrogen (secondary N) is 1. The van der Waals surface area contributed by atoms with Crippen LogP contribution < -0.4 is 14.4 Å². The van der Waals surface area contributed by atoms with E-state index in [0.29, 0.717) is 24.2 Å². The van der Waals surface area contributed by atoms with E-state index in [4.69, 9.17) is 11.6 Å². The van der Waals surface area contributed by atoms with Crippen LogP contribution in [0, 0.1) is 0 Å². The van der Waals surface area contributed by atoms with Gasteiger partial charge in [0.25, 0.3) is 0 Å². The van der Waals surface area contributed by atoms with Gasteiger partial charge in [0, 0.05) is 18.2 Å². The van der Waals surface area contributed by atoms with Crippen LogP contribution in [-0.2, 0) is 14.8 Å². The van der Waals surface area contributed by atoms with Crippen molar-refractivity contribution in [3.63, 3.8) is 0 Å². The maximum atomic E-state index is 12.5. The van der Waals surface area contributed by atoms with Crippen molar-refractivity contribution in [2.24, 2.45) is 0 Å². The van der Waals surface area contributed by atoms with E-state index in [0.717, 1.165) is 6.08 Å². The molecule has 3 rings (SSSR count). The zero-order valence-corrected chi connectivity index (χ0v) is 16.6. The van der Waals surface area contributed by atoms with Crippen LogP contribution in [0.1, 0.15) is 12.0 Å². The Labute approximate surface area is 171 Å². The Balaban J connectivity index is 1.76. The number of carbonyl (C=O) groups is 1. The standard InChI is InChI=1S/C19H17ClF2N2O4S/c20-15-8-7-14(24-10-3-11-29(24,26)27)12-16(15)23-18(25)9-6-13-4-1-2-5-17(13)28-19(21)22/h1-2,4-9,12,19H,3,10-11H2,(H,23,25)/b9-6+. The first kappa shape index (κ1) is 21.1. The van der Waals surface area contributed by atoms with Gasteiger partial charge in [-0.15, -0.1) is 0 Å². The summed E-state index contributed by atoms with van der Waals surface area (Å²) < 4.78 is 54.8. The molecule has 1 heterocycles. The lowest BCUT2D eigenvalue weighted by Crippen LogP contribution is -2.25. The fraction of sp³-hybridized carbons (Fsp3) is 0.211. The number of amides is 1. The van der Waals surface area contributed by atoms with Crippen LogP contribution in [0.3, 0.4) is 0 Å². The number of hydrogen-bond donors (Lipinski definition) is 1. The number of anilines is 2. The van der Waals surface area contributed by atoms with E-state index < -0.39 is 22.5 Å². The Hall–Kier alpha value is -2.65. The van der Waals surface area contributed by atoms with Crippen molar-refractivity contribution in [3.8, 4) is 5.75 Å². The molecule has 6 nitrogen and oxygen atoms in total. The molecule has 1 aliphatic rings. The highest BCUT2D eigenvalue weighted by molar-refractivity contribution is 7.93. The first-order valence-corrected chi connectivity index (χ1v) is 10.6. The predicted octanol–water partition coefficient (Wildman–Crippen LogP) is 4.13. The van der Waals surface area contributed by atoms with Crippen LogP contribution in [0.4, 0.5) is 20.2 Å². The SMILES string of the molecule is O=C(/C=C/c1ccccc1OC(F)F)Nc1cc(N2CCCS2(=O)=O)ccc1Cl. The van der Waals surface area contributed by atoms with Gasteiger partial charge in [-0.3, -0.25) is 9.10 Å². The number of halogens is 3. The minimum atomic E-state index is -3.37. The van der Waals surface area contributed by atoms with Gasteiger partial charge in [0.05, 0.1) is 22.2 Å². The average molecular weight is 443 g/mol. The van der Waals surface area contributed by atoms with Gasteiger partial charge in [-0.05, 0) is 36.8 Å². The van der Waals surface area contributed by atoms with Gasteiger partial charge in [0.15, 0.2) is 0 Å². The summed E-state index contributed by atoms with van der Waals surface area (Å²) in [6.45, 7) is -2.63. The number of benzene rings is 2. The van der Waals surface area contributed by atoms with Crippen LogP contribution >= 0.6 is 11.6 Å². The third kappa shape index (κ3) is 5.24.